The summed E-state index contributed by atoms with van der Waals surface area (Å²) in [7, 11) is 0. The molecule has 3 nitrogen and oxygen atoms in total. The summed E-state index contributed by atoms with van der Waals surface area (Å²) in [6.07, 6.45) is 3.93. The first-order chi connectivity index (χ1) is 6.47. The average Bonchev–Trinajstić information content (AvgIpc) is 2.46. The van der Waals surface area contributed by atoms with Gasteiger partial charge in [-0.1, -0.05) is 13.8 Å². The van der Waals surface area contributed by atoms with Crippen molar-refractivity contribution < 1.29 is 10.2 Å². The smallest absolute Gasteiger partial charge is 0.0749 e. The highest BCUT2D eigenvalue weighted by molar-refractivity contribution is 5.05. The second kappa shape index (κ2) is 3.19. The van der Waals surface area contributed by atoms with Crippen LogP contribution in [0.2, 0.25) is 0 Å². The average molecular weight is 199 g/mol. The topological polar surface area (TPSA) is 52.5 Å². The summed E-state index contributed by atoms with van der Waals surface area (Å²) in [5.41, 5.74) is -1.06. The van der Waals surface area contributed by atoms with Crippen LogP contribution in [-0.4, -0.2) is 34.5 Å². The van der Waals surface area contributed by atoms with Crippen molar-refractivity contribution in [2.75, 3.05) is 6.61 Å². The van der Waals surface area contributed by atoms with Crippen molar-refractivity contribution in [2.24, 2.45) is 5.41 Å². The maximum atomic E-state index is 10.6. The monoisotopic (exact) mass is 199 g/mol. The van der Waals surface area contributed by atoms with Crippen molar-refractivity contribution in [1.29, 1.82) is 0 Å². The zero-order valence-corrected chi connectivity index (χ0v) is 9.08. The quantitative estimate of drug-likeness (QED) is 0.612. The number of aliphatic hydroxyl groups is 2. The molecule has 2 fully saturated rings. The first-order valence-electron chi connectivity index (χ1n) is 5.56. The van der Waals surface area contributed by atoms with E-state index in [0.717, 1.165) is 12.8 Å². The van der Waals surface area contributed by atoms with Gasteiger partial charge >= 0.3 is 0 Å². The first kappa shape index (κ1) is 10.4. The highest BCUT2D eigenvalue weighted by atomic mass is 16.3. The van der Waals surface area contributed by atoms with E-state index >= 15 is 0 Å². The van der Waals surface area contributed by atoms with Gasteiger partial charge < -0.3 is 15.5 Å². The van der Waals surface area contributed by atoms with E-state index in [1.165, 1.54) is 12.8 Å². The van der Waals surface area contributed by atoms with Crippen molar-refractivity contribution in [3.63, 3.8) is 0 Å². The molecule has 0 aromatic carbocycles. The van der Waals surface area contributed by atoms with E-state index in [1.807, 2.05) is 13.8 Å². The molecule has 82 valence electrons. The molecule has 0 saturated carbocycles. The predicted octanol–water partition coefficient (Wildman–Crippen LogP) is 0.650. The van der Waals surface area contributed by atoms with Crippen molar-refractivity contribution in [3.05, 3.63) is 0 Å². The second-order valence-corrected chi connectivity index (χ2v) is 5.62. The highest BCUT2D eigenvalue weighted by Gasteiger charge is 2.50. The SMILES string of the molecule is CC(C)(CO)C1(O)CC2CCC(C1)N2. The van der Waals surface area contributed by atoms with E-state index in [-0.39, 0.29) is 12.0 Å². The lowest BCUT2D eigenvalue weighted by Gasteiger charge is -2.47. The van der Waals surface area contributed by atoms with Crippen LogP contribution in [0.25, 0.3) is 0 Å². The van der Waals surface area contributed by atoms with Gasteiger partial charge in [-0.3, -0.25) is 0 Å². The second-order valence-electron chi connectivity index (χ2n) is 5.62. The molecule has 0 aliphatic carbocycles. The lowest BCUT2D eigenvalue weighted by atomic mass is 9.68. The minimum atomic E-state index is -0.682. The van der Waals surface area contributed by atoms with Gasteiger partial charge in [0.05, 0.1) is 12.2 Å². The Morgan fingerprint density at radius 2 is 1.79 bits per heavy atom. The van der Waals surface area contributed by atoms with Crippen LogP contribution in [0.1, 0.15) is 39.5 Å². The molecule has 2 bridgehead atoms. The zero-order chi connectivity index (χ0) is 10.4. The molecule has 3 N–H and O–H groups in total. The Hall–Kier alpha value is -0.120. The summed E-state index contributed by atoms with van der Waals surface area (Å²) in [6.45, 7) is 3.97. The molecule has 0 spiro atoms. The standard InChI is InChI=1S/C11H21NO2/c1-10(2,7-13)11(14)5-8-3-4-9(6-11)12-8/h8-9,12-14H,3-7H2,1-2H3. The molecular formula is C11H21NO2. The number of hydrogen-bond acceptors (Lipinski definition) is 3. The van der Waals surface area contributed by atoms with Gasteiger partial charge in [-0.05, 0) is 25.7 Å². The Morgan fingerprint density at radius 1 is 1.29 bits per heavy atom. The van der Waals surface area contributed by atoms with Crippen molar-refractivity contribution in [2.45, 2.75) is 57.2 Å². The largest absolute Gasteiger partial charge is 0.396 e. The van der Waals surface area contributed by atoms with Crippen molar-refractivity contribution in [3.8, 4) is 0 Å². The minimum Gasteiger partial charge on any atom is -0.396 e. The van der Waals surface area contributed by atoms with Crippen molar-refractivity contribution >= 4 is 0 Å². The van der Waals surface area contributed by atoms with Crippen LogP contribution in [0.5, 0.6) is 0 Å². The van der Waals surface area contributed by atoms with Crippen LogP contribution >= 0.6 is 0 Å². The Labute approximate surface area is 85.5 Å². The maximum absolute atomic E-state index is 10.6. The lowest BCUT2D eigenvalue weighted by Crippen LogP contribution is -2.57. The van der Waals surface area contributed by atoms with Gasteiger partial charge in [0.1, 0.15) is 0 Å². The van der Waals surface area contributed by atoms with E-state index < -0.39 is 5.60 Å². The summed E-state index contributed by atoms with van der Waals surface area (Å²) in [5, 5.41) is 23.4. The molecule has 2 unspecified atom stereocenters. The van der Waals surface area contributed by atoms with Gasteiger partial charge in [-0.25, -0.2) is 0 Å². The molecule has 2 rings (SSSR count). The van der Waals surface area contributed by atoms with E-state index in [0.29, 0.717) is 12.1 Å². The van der Waals surface area contributed by atoms with Gasteiger partial charge in [0.25, 0.3) is 0 Å². The van der Waals surface area contributed by atoms with Crippen LogP contribution < -0.4 is 5.32 Å². The molecule has 2 atom stereocenters. The van der Waals surface area contributed by atoms with E-state index in [4.69, 9.17) is 0 Å². The third-order valence-electron chi connectivity index (χ3n) is 4.16. The zero-order valence-electron chi connectivity index (χ0n) is 9.08. The summed E-state index contributed by atoms with van der Waals surface area (Å²) in [6, 6.07) is 0.925. The van der Waals surface area contributed by atoms with Crippen LogP contribution in [0.3, 0.4) is 0 Å². The molecular weight excluding hydrogens is 178 g/mol. The van der Waals surface area contributed by atoms with E-state index in [9.17, 15) is 10.2 Å². The first-order valence-corrected chi connectivity index (χ1v) is 5.56. The number of hydrogen-bond donors (Lipinski definition) is 3. The molecule has 2 heterocycles. The Kier molecular flexibility index (Phi) is 2.37. The third-order valence-corrected chi connectivity index (χ3v) is 4.16. The molecule has 0 aromatic heterocycles. The van der Waals surface area contributed by atoms with Crippen LogP contribution in [0.15, 0.2) is 0 Å². The summed E-state index contributed by atoms with van der Waals surface area (Å²) < 4.78 is 0. The Morgan fingerprint density at radius 3 is 2.21 bits per heavy atom. The summed E-state index contributed by atoms with van der Waals surface area (Å²) >= 11 is 0. The van der Waals surface area contributed by atoms with Crippen LogP contribution in [0.4, 0.5) is 0 Å². The van der Waals surface area contributed by atoms with Gasteiger partial charge in [0, 0.05) is 17.5 Å². The van der Waals surface area contributed by atoms with Crippen LogP contribution in [0, 0.1) is 5.41 Å². The van der Waals surface area contributed by atoms with E-state index in [2.05, 4.69) is 5.32 Å². The molecule has 2 saturated heterocycles. The fourth-order valence-electron chi connectivity index (χ4n) is 2.82. The van der Waals surface area contributed by atoms with Crippen molar-refractivity contribution in [1.82, 2.24) is 5.32 Å². The number of rotatable bonds is 2. The maximum Gasteiger partial charge on any atom is 0.0749 e. The molecule has 14 heavy (non-hydrogen) atoms. The number of fused-ring (bicyclic) bond motifs is 2. The summed E-state index contributed by atoms with van der Waals surface area (Å²) in [5.74, 6) is 0. The third kappa shape index (κ3) is 1.47. The fraction of sp³-hybridized carbons (Fsp3) is 1.00. The van der Waals surface area contributed by atoms with Gasteiger partial charge in [-0.15, -0.1) is 0 Å². The number of nitrogens with one attached hydrogen (secondary N) is 1. The molecule has 3 heteroatoms. The van der Waals surface area contributed by atoms with Crippen LogP contribution in [-0.2, 0) is 0 Å². The highest BCUT2D eigenvalue weighted by Crippen LogP contribution is 2.44. The molecule has 2 aliphatic heterocycles. The lowest BCUT2D eigenvalue weighted by molar-refractivity contribution is -0.118. The molecule has 0 aromatic rings. The van der Waals surface area contributed by atoms with Gasteiger partial charge in [-0.2, -0.15) is 0 Å². The Bertz CT molecular complexity index is 215. The molecule has 0 amide bonds. The number of aliphatic hydroxyl groups excluding tert-OH is 1. The fourth-order valence-corrected chi connectivity index (χ4v) is 2.82. The Balaban J connectivity index is 2.16. The predicted molar refractivity (Wildman–Crippen MR) is 55.0 cm³/mol. The van der Waals surface area contributed by atoms with Gasteiger partial charge in [0.2, 0.25) is 0 Å². The number of piperidine rings is 1. The molecule has 2 aliphatic rings. The normalized spacial score (nSPS) is 42.9. The van der Waals surface area contributed by atoms with E-state index in [1.54, 1.807) is 0 Å². The van der Waals surface area contributed by atoms with Gasteiger partial charge in [0.15, 0.2) is 0 Å². The minimum absolute atomic E-state index is 0.0585. The summed E-state index contributed by atoms with van der Waals surface area (Å²) in [4.78, 5) is 0. The molecule has 0 radical (unpaired) electrons.